The highest BCUT2D eigenvalue weighted by molar-refractivity contribution is 7.92. The summed E-state index contributed by atoms with van der Waals surface area (Å²) in [6.07, 6.45) is 2.93. The molecule has 156 valence electrons. The molecule has 4 aromatic rings. The highest BCUT2D eigenvalue weighted by Crippen LogP contribution is 2.24. The zero-order chi connectivity index (χ0) is 21.8. The molecule has 3 aromatic carbocycles. The van der Waals surface area contributed by atoms with Gasteiger partial charge in [-0.1, -0.05) is 36.4 Å². The number of oxazole rings is 1. The molecule has 0 aliphatic rings. The predicted octanol–water partition coefficient (Wildman–Crippen LogP) is 4.42. The van der Waals surface area contributed by atoms with E-state index in [0.717, 1.165) is 5.56 Å². The molecule has 1 heterocycles. The number of hydrogen-bond acceptors (Lipinski definition) is 5. The minimum absolute atomic E-state index is 0.0809. The van der Waals surface area contributed by atoms with Crippen LogP contribution in [0.4, 0.5) is 11.4 Å². The second-order valence-corrected chi connectivity index (χ2v) is 8.70. The highest BCUT2D eigenvalue weighted by atomic mass is 32.2. The van der Waals surface area contributed by atoms with Crippen molar-refractivity contribution in [3.8, 4) is 11.3 Å². The Morgan fingerprint density at radius 2 is 1.71 bits per heavy atom. The first kappa shape index (κ1) is 20.4. The SMILES string of the molecule is CN(c1ccccc1)S(=O)(=O)c1cccc(NC(=O)c2ccc(-c3cnco3)cc2)c1. The number of para-hydroxylation sites is 1. The molecule has 0 atom stereocenters. The molecular weight excluding hydrogens is 414 g/mol. The highest BCUT2D eigenvalue weighted by Gasteiger charge is 2.21. The molecule has 1 aromatic heterocycles. The van der Waals surface area contributed by atoms with Crippen LogP contribution >= 0.6 is 0 Å². The van der Waals surface area contributed by atoms with Crippen LogP contribution in [0.2, 0.25) is 0 Å². The monoisotopic (exact) mass is 433 g/mol. The molecule has 0 saturated heterocycles. The molecule has 0 bridgehead atoms. The van der Waals surface area contributed by atoms with Crippen molar-refractivity contribution in [3.05, 3.63) is 97.0 Å². The standard InChI is InChI=1S/C23H19N3O4S/c1-26(20-7-3-2-4-8-20)31(28,29)21-9-5-6-19(14-21)25-23(27)18-12-10-17(11-13-18)22-15-24-16-30-22/h2-16H,1H3,(H,25,27). The van der Waals surface area contributed by atoms with Gasteiger partial charge in [-0.3, -0.25) is 9.10 Å². The molecule has 31 heavy (non-hydrogen) atoms. The van der Waals surface area contributed by atoms with E-state index in [1.165, 1.54) is 29.9 Å². The van der Waals surface area contributed by atoms with Gasteiger partial charge >= 0.3 is 0 Å². The maximum absolute atomic E-state index is 13.0. The third-order valence-corrected chi connectivity index (χ3v) is 6.52. The van der Waals surface area contributed by atoms with Crippen LogP contribution in [-0.2, 0) is 10.0 Å². The van der Waals surface area contributed by atoms with E-state index in [1.54, 1.807) is 66.9 Å². The average molecular weight is 433 g/mol. The number of nitrogens with one attached hydrogen (secondary N) is 1. The van der Waals surface area contributed by atoms with Crippen molar-refractivity contribution in [2.45, 2.75) is 4.90 Å². The fourth-order valence-corrected chi connectivity index (χ4v) is 4.26. The lowest BCUT2D eigenvalue weighted by Crippen LogP contribution is -2.26. The Morgan fingerprint density at radius 3 is 2.39 bits per heavy atom. The Bertz CT molecular complexity index is 1290. The van der Waals surface area contributed by atoms with Crippen LogP contribution in [0.3, 0.4) is 0 Å². The van der Waals surface area contributed by atoms with Crippen LogP contribution in [0, 0.1) is 0 Å². The van der Waals surface area contributed by atoms with Gasteiger partial charge < -0.3 is 9.73 Å². The van der Waals surface area contributed by atoms with Crippen LogP contribution in [-0.4, -0.2) is 26.4 Å². The lowest BCUT2D eigenvalue weighted by Gasteiger charge is -2.19. The molecule has 0 unspecified atom stereocenters. The Kier molecular flexibility index (Phi) is 5.55. The number of hydrogen-bond donors (Lipinski definition) is 1. The predicted molar refractivity (Wildman–Crippen MR) is 118 cm³/mol. The maximum Gasteiger partial charge on any atom is 0.264 e. The molecule has 0 aliphatic carbocycles. The second-order valence-electron chi connectivity index (χ2n) is 6.73. The Hall–Kier alpha value is -3.91. The normalized spacial score (nSPS) is 11.1. The van der Waals surface area contributed by atoms with Gasteiger partial charge in [-0.25, -0.2) is 13.4 Å². The van der Waals surface area contributed by atoms with E-state index >= 15 is 0 Å². The summed E-state index contributed by atoms with van der Waals surface area (Å²) in [5, 5.41) is 2.75. The van der Waals surface area contributed by atoms with Crippen molar-refractivity contribution in [1.82, 2.24) is 4.98 Å². The number of sulfonamides is 1. The summed E-state index contributed by atoms with van der Waals surface area (Å²) in [5.41, 5.74) is 2.15. The lowest BCUT2D eigenvalue weighted by molar-refractivity contribution is 0.102. The second kappa shape index (κ2) is 8.45. The Balaban J connectivity index is 1.52. The smallest absolute Gasteiger partial charge is 0.264 e. The van der Waals surface area contributed by atoms with Gasteiger partial charge in [-0.2, -0.15) is 0 Å². The van der Waals surface area contributed by atoms with E-state index in [2.05, 4.69) is 10.3 Å². The number of nitrogens with zero attached hydrogens (tertiary/aromatic N) is 2. The number of carbonyl (C=O) groups is 1. The number of aromatic nitrogens is 1. The fraction of sp³-hybridized carbons (Fsp3) is 0.0435. The van der Waals surface area contributed by atoms with Crippen molar-refractivity contribution in [2.24, 2.45) is 0 Å². The minimum atomic E-state index is -3.78. The van der Waals surface area contributed by atoms with Crippen LogP contribution in [0.25, 0.3) is 11.3 Å². The maximum atomic E-state index is 13.0. The molecule has 0 spiro atoms. The van der Waals surface area contributed by atoms with E-state index in [-0.39, 0.29) is 10.8 Å². The summed E-state index contributed by atoms with van der Waals surface area (Å²) in [6, 6.07) is 21.8. The van der Waals surface area contributed by atoms with Crippen LogP contribution < -0.4 is 9.62 Å². The summed E-state index contributed by atoms with van der Waals surface area (Å²) < 4.78 is 32.4. The first-order valence-corrected chi connectivity index (χ1v) is 10.8. The van der Waals surface area contributed by atoms with E-state index in [1.807, 2.05) is 6.07 Å². The van der Waals surface area contributed by atoms with Crippen molar-refractivity contribution in [2.75, 3.05) is 16.7 Å². The van der Waals surface area contributed by atoms with Crippen LogP contribution in [0.1, 0.15) is 10.4 Å². The van der Waals surface area contributed by atoms with Gasteiger partial charge in [0.1, 0.15) is 0 Å². The Morgan fingerprint density at radius 1 is 0.968 bits per heavy atom. The molecule has 0 aliphatic heterocycles. The third-order valence-electron chi connectivity index (χ3n) is 4.73. The first-order valence-electron chi connectivity index (χ1n) is 9.39. The Labute approximate surface area is 180 Å². The van der Waals surface area contributed by atoms with Gasteiger partial charge in [0.2, 0.25) is 0 Å². The van der Waals surface area contributed by atoms with E-state index < -0.39 is 10.0 Å². The summed E-state index contributed by atoms with van der Waals surface area (Å²) in [7, 11) is -2.29. The summed E-state index contributed by atoms with van der Waals surface area (Å²) >= 11 is 0. The molecule has 7 nitrogen and oxygen atoms in total. The van der Waals surface area contributed by atoms with Gasteiger partial charge in [0.05, 0.1) is 16.8 Å². The fourth-order valence-electron chi connectivity index (χ4n) is 3.02. The molecule has 1 amide bonds. The van der Waals surface area contributed by atoms with Crippen molar-refractivity contribution in [3.63, 3.8) is 0 Å². The van der Waals surface area contributed by atoms with Crippen molar-refractivity contribution >= 4 is 27.3 Å². The summed E-state index contributed by atoms with van der Waals surface area (Å²) in [6.45, 7) is 0. The molecule has 0 radical (unpaired) electrons. The van der Waals surface area contributed by atoms with Crippen LogP contribution in [0.5, 0.6) is 0 Å². The molecule has 4 rings (SSSR count). The lowest BCUT2D eigenvalue weighted by atomic mass is 10.1. The zero-order valence-electron chi connectivity index (χ0n) is 16.6. The number of rotatable bonds is 6. The average Bonchev–Trinajstić information content (AvgIpc) is 3.34. The molecular formula is C23H19N3O4S. The molecule has 0 fully saturated rings. The topological polar surface area (TPSA) is 92.5 Å². The largest absolute Gasteiger partial charge is 0.444 e. The van der Waals surface area contributed by atoms with Gasteiger partial charge in [0.15, 0.2) is 12.2 Å². The van der Waals surface area contributed by atoms with Gasteiger partial charge in [-0.05, 0) is 42.5 Å². The summed E-state index contributed by atoms with van der Waals surface area (Å²) in [4.78, 5) is 16.6. The van der Waals surface area contributed by atoms with Gasteiger partial charge in [-0.15, -0.1) is 0 Å². The zero-order valence-corrected chi connectivity index (χ0v) is 17.4. The van der Waals surface area contributed by atoms with E-state index in [4.69, 9.17) is 4.42 Å². The third kappa shape index (κ3) is 4.34. The molecule has 1 N–H and O–H groups in total. The van der Waals surface area contributed by atoms with Crippen molar-refractivity contribution in [1.29, 1.82) is 0 Å². The quantitative estimate of drug-likeness (QED) is 0.486. The van der Waals surface area contributed by atoms with E-state index in [0.29, 0.717) is 22.7 Å². The molecule has 0 saturated carbocycles. The van der Waals surface area contributed by atoms with Crippen molar-refractivity contribution < 1.29 is 17.6 Å². The summed E-state index contributed by atoms with van der Waals surface area (Å²) in [5.74, 6) is 0.252. The number of benzene rings is 3. The number of carbonyl (C=O) groups excluding carboxylic acids is 1. The molecule has 8 heteroatoms. The number of amides is 1. The first-order chi connectivity index (χ1) is 14.9. The van der Waals surface area contributed by atoms with E-state index in [9.17, 15) is 13.2 Å². The minimum Gasteiger partial charge on any atom is -0.444 e. The van der Waals surface area contributed by atoms with Gasteiger partial charge in [0.25, 0.3) is 15.9 Å². The van der Waals surface area contributed by atoms with Crippen LogP contribution in [0.15, 0.2) is 101 Å². The van der Waals surface area contributed by atoms with Gasteiger partial charge in [0, 0.05) is 23.9 Å². The number of anilines is 2.